The molecule has 1 amide bonds. The van der Waals surface area contributed by atoms with Gasteiger partial charge in [0.05, 0.1) is 12.1 Å². The summed E-state index contributed by atoms with van der Waals surface area (Å²) in [6.07, 6.45) is 3.05. The van der Waals surface area contributed by atoms with Gasteiger partial charge in [0.1, 0.15) is 5.82 Å². The molecule has 0 aliphatic rings. The number of aromatic nitrogens is 2. The van der Waals surface area contributed by atoms with Crippen LogP contribution in [0.3, 0.4) is 0 Å². The van der Waals surface area contributed by atoms with E-state index in [1.807, 2.05) is 53.3 Å². The van der Waals surface area contributed by atoms with E-state index in [4.69, 9.17) is 0 Å². The molecule has 1 N–H and O–H groups in total. The van der Waals surface area contributed by atoms with Gasteiger partial charge in [-0.3, -0.25) is 9.48 Å². The second-order valence-corrected chi connectivity index (χ2v) is 7.73. The molecule has 1 aromatic heterocycles. The van der Waals surface area contributed by atoms with Crippen LogP contribution in [0.2, 0.25) is 0 Å². The Morgan fingerprint density at radius 3 is 2.55 bits per heavy atom. The first-order valence-corrected chi connectivity index (χ1v) is 10.1. The van der Waals surface area contributed by atoms with Crippen molar-refractivity contribution >= 4 is 38.4 Å². The molecule has 4 nitrogen and oxygen atoms in total. The molecule has 0 unspecified atom stereocenters. The third-order valence-electron chi connectivity index (χ3n) is 4.65. The van der Waals surface area contributed by atoms with Crippen molar-refractivity contribution in [2.45, 2.75) is 19.4 Å². The predicted octanol–water partition coefficient (Wildman–Crippen LogP) is 5.56. The lowest BCUT2D eigenvalue weighted by Crippen LogP contribution is -2.12. The number of benzene rings is 3. The second-order valence-electron chi connectivity index (χ2n) is 6.88. The Morgan fingerprint density at radius 2 is 1.79 bits per heavy atom. The zero-order valence-corrected chi connectivity index (χ0v) is 17.2. The Bertz CT molecular complexity index is 1140. The van der Waals surface area contributed by atoms with Gasteiger partial charge in [-0.25, -0.2) is 4.39 Å². The van der Waals surface area contributed by atoms with Gasteiger partial charge < -0.3 is 5.32 Å². The lowest BCUT2D eigenvalue weighted by molar-refractivity contribution is -0.116. The molecule has 0 spiro atoms. The predicted molar refractivity (Wildman–Crippen MR) is 116 cm³/mol. The molecule has 0 fully saturated rings. The minimum absolute atomic E-state index is 0.0363. The van der Waals surface area contributed by atoms with Crippen LogP contribution in [-0.4, -0.2) is 15.7 Å². The topological polar surface area (TPSA) is 46.9 Å². The standard InChI is InChI=1S/C23H19BrFN3O/c24-21-12-19(26-23(29)11-8-16-4-2-1-3-5-16)13-22-20(21)15-28(27-22)14-17-6-9-18(25)10-7-17/h1-7,9-10,12-13,15H,8,11,14H2,(H,26,29). The molecule has 1 heterocycles. The molecule has 0 bridgehead atoms. The summed E-state index contributed by atoms with van der Waals surface area (Å²) in [5.74, 6) is -0.291. The van der Waals surface area contributed by atoms with Gasteiger partial charge >= 0.3 is 0 Å². The zero-order chi connectivity index (χ0) is 20.2. The maximum Gasteiger partial charge on any atom is 0.224 e. The van der Waals surface area contributed by atoms with E-state index in [9.17, 15) is 9.18 Å². The largest absolute Gasteiger partial charge is 0.326 e. The minimum atomic E-state index is -0.255. The zero-order valence-electron chi connectivity index (χ0n) is 15.6. The minimum Gasteiger partial charge on any atom is -0.326 e. The van der Waals surface area contributed by atoms with Gasteiger partial charge in [-0.1, -0.05) is 42.5 Å². The maximum absolute atomic E-state index is 13.1. The lowest BCUT2D eigenvalue weighted by atomic mass is 10.1. The van der Waals surface area contributed by atoms with Crippen molar-refractivity contribution in [2.75, 3.05) is 5.32 Å². The van der Waals surface area contributed by atoms with Crippen LogP contribution < -0.4 is 5.32 Å². The third-order valence-corrected chi connectivity index (χ3v) is 5.30. The highest BCUT2D eigenvalue weighted by Gasteiger charge is 2.10. The number of hydrogen-bond acceptors (Lipinski definition) is 2. The van der Waals surface area contributed by atoms with Gasteiger partial charge in [-0.05, 0) is 57.7 Å². The Labute approximate surface area is 176 Å². The Hall–Kier alpha value is -2.99. The van der Waals surface area contributed by atoms with E-state index in [0.717, 1.165) is 26.5 Å². The van der Waals surface area contributed by atoms with Gasteiger partial charge in [0.2, 0.25) is 5.91 Å². The van der Waals surface area contributed by atoms with E-state index in [1.165, 1.54) is 12.1 Å². The fourth-order valence-corrected chi connectivity index (χ4v) is 3.74. The number of halogens is 2. The Balaban J connectivity index is 1.46. The number of fused-ring (bicyclic) bond motifs is 1. The Kier molecular flexibility index (Phi) is 5.71. The van der Waals surface area contributed by atoms with E-state index < -0.39 is 0 Å². The summed E-state index contributed by atoms with van der Waals surface area (Å²) in [6, 6.07) is 20.1. The van der Waals surface area contributed by atoms with E-state index in [-0.39, 0.29) is 11.7 Å². The van der Waals surface area contributed by atoms with E-state index >= 15 is 0 Å². The summed E-state index contributed by atoms with van der Waals surface area (Å²) < 4.78 is 15.8. The van der Waals surface area contributed by atoms with E-state index in [2.05, 4.69) is 26.3 Å². The fourth-order valence-electron chi connectivity index (χ4n) is 3.19. The highest BCUT2D eigenvalue weighted by molar-refractivity contribution is 9.10. The van der Waals surface area contributed by atoms with Crippen molar-refractivity contribution in [3.63, 3.8) is 0 Å². The number of hydrogen-bond donors (Lipinski definition) is 1. The molecule has 0 aliphatic heterocycles. The fraction of sp³-hybridized carbons (Fsp3) is 0.130. The van der Waals surface area contributed by atoms with Crippen molar-refractivity contribution in [3.8, 4) is 0 Å². The van der Waals surface area contributed by atoms with Crippen molar-refractivity contribution in [2.24, 2.45) is 0 Å². The summed E-state index contributed by atoms with van der Waals surface area (Å²) in [5, 5.41) is 8.50. The summed E-state index contributed by atoms with van der Waals surface area (Å²) in [7, 11) is 0. The average Bonchev–Trinajstić information content (AvgIpc) is 3.12. The van der Waals surface area contributed by atoms with Crippen molar-refractivity contribution in [1.82, 2.24) is 9.78 Å². The van der Waals surface area contributed by atoms with Gasteiger partial charge in [0.15, 0.2) is 0 Å². The quantitative estimate of drug-likeness (QED) is 0.417. The molecule has 0 atom stereocenters. The van der Waals surface area contributed by atoms with Crippen LogP contribution in [0.25, 0.3) is 10.9 Å². The third kappa shape index (κ3) is 4.90. The lowest BCUT2D eigenvalue weighted by Gasteiger charge is -2.06. The van der Waals surface area contributed by atoms with E-state index in [0.29, 0.717) is 25.1 Å². The summed E-state index contributed by atoms with van der Waals surface area (Å²) in [6.45, 7) is 0.542. The molecule has 0 saturated heterocycles. The van der Waals surface area contributed by atoms with Crippen LogP contribution in [0.5, 0.6) is 0 Å². The molecule has 3 aromatic carbocycles. The first-order chi connectivity index (χ1) is 14.1. The number of carbonyl (C=O) groups excluding carboxylic acids is 1. The van der Waals surface area contributed by atoms with Crippen molar-refractivity contribution < 1.29 is 9.18 Å². The molecule has 146 valence electrons. The first-order valence-electron chi connectivity index (χ1n) is 9.32. The molecule has 0 saturated carbocycles. The summed E-state index contributed by atoms with van der Waals surface area (Å²) in [4.78, 5) is 12.3. The van der Waals surface area contributed by atoms with Crippen molar-refractivity contribution in [1.29, 1.82) is 0 Å². The van der Waals surface area contributed by atoms with Crippen LogP contribution >= 0.6 is 15.9 Å². The number of nitrogens with one attached hydrogen (secondary N) is 1. The summed E-state index contributed by atoms with van der Waals surface area (Å²) in [5.41, 5.74) is 3.58. The number of carbonyl (C=O) groups is 1. The number of rotatable bonds is 6. The smallest absolute Gasteiger partial charge is 0.224 e. The molecule has 4 rings (SSSR count). The maximum atomic E-state index is 13.1. The van der Waals surface area contributed by atoms with Crippen LogP contribution in [0.4, 0.5) is 10.1 Å². The molecular formula is C23H19BrFN3O. The summed E-state index contributed by atoms with van der Waals surface area (Å²) >= 11 is 3.57. The SMILES string of the molecule is O=C(CCc1ccccc1)Nc1cc(Br)c2cn(Cc3ccc(F)cc3)nc2c1. The normalized spacial score (nSPS) is 11.0. The molecule has 0 radical (unpaired) electrons. The average molecular weight is 452 g/mol. The number of aryl methyl sites for hydroxylation is 1. The molecule has 0 aliphatic carbocycles. The second kappa shape index (κ2) is 8.57. The molecular weight excluding hydrogens is 433 g/mol. The monoisotopic (exact) mass is 451 g/mol. The molecule has 29 heavy (non-hydrogen) atoms. The highest BCUT2D eigenvalue weighted by Crippen LogP contribution is 2.28. The van der Waals surface area contributed by atoms with E-state index in [1.54, 1.807) is 12.1 Å². The molecule has 4 aromatic rings. The van der Waals surface area contributed by atoms with Gasteiger partial charge in [-0.15, -0.1) is 0 Å². The van der Waals surface area contributed by atoms with Gasteiger partial charge in [-0.2, -0.15) is 5.10 Å². The number of amides is 1. The Morgan fingerprint density at radius 1 is 1.03 bits per heavy atom. The van der Waals surface area contributed by atoms with Gasteiger partial charge in [0, 0.05) is 28.2 Å². The van der Waals surface area contributed by atoms with Crippen molar-refractivity contribution in [3.05, 3.63) is 94.3 Å². The highest BCUT2D eigenvalue weighted by atomic mass is 79.9. The van der Waals surface area contributed by atoms with Gasteiger partial charge in [0.25, 0.3) is 0 Å². The number of anilines is 1. The van der Waals surface area contributed by atoms with Crippen LogP contribution in [-0.2, 0) is 17.8 Å². The van der Waals surface area contributed by atoms with Crippen LogP contribution in [0, 0.1) is 5.82 Å². The van der Waals surface area contributed by atoms with Crippen LogP contribution in [0.1, 0.15) is 17.5 Å². The molecule has 6 heteroatoms. The van der Waals surface area contributed by atoms with Crippen LogP contribution in [0.15, 0.2) is 77.4 Å². The first kappa shape index (κ1) is 19.3. The number of nitrogens with zero attached hydrogens (tertiary/aromatic N) is 2.